The maximum atomic E-state index is 13.2. The van der Waals surface area contributed by atoms with E-state index in [0.717, 1.165) is 35.0 Å². The molecule has 2 amide bonds. The summed E-state index contributed by atoms with van der Waals surface area (Å²) in [6.07, 6.45) is -5.10. The molecule has 224 valence electrons. The van der Waals surface area contributed by atoms with E-state index in [-0.39, 0.29) is 55.3 Å². The first-order valence-electron chi connectivity index (χ1n) is 12.2. The molecule has 9 nitrogen and oxygen atoms in total. The van der Waals surface area contributed by atoms with Crippen LogP contribution < -0.4 is 19.7 Å². The maximum Gasteiger partial charge on any atom is 0.427 e. The van der Waals surface area contributed by atoms with Gasteiger partial charge in [0.05, 0.1) is 17.1 Å². The van der Waals surface area contributed by atoms with E-state index in [2.05, 4.69) is 29.2 Å². The molecular formula is C26H35F4N3O6S. The zero-order chi connectivity index (χ0) is 30.1. The molecule has 0 bridgehead atoms. The smallest absolute Gasteiger partial charge is 0.427 e. The van der Waals surface area contributed by atoms with E-state index in [0.29, 0.717) is 13.8 Å². The highest BCUT2D eigenvalue weighted by Crippen LogP contribution is 2.51. The summed E-state index contributed by atoms with van der Waals surface area (Å²) in [4.78, 5) is 22.7. The van der Waals surface area contributed by atoms with Gasteiger partial charge >= 0.3 is 12.3 Å². The fraction of sp³-hybridized carbons (Fsp3) is 0.462. The Morgan fingerprint density at radius 2 is 1.73 bits per heavy atom. The van der Waals surface area contributed by atoms with Crippen LogP contribution in [0.1, 0.15) is 37.0 Å². The normalized spacial score (nSPS) is 17.8. The molecule has 2 aliphatic rings. The van der Waals surface area contributed by atoms with Crippen LogP contribution >= 0.6 is 0 Å². The number of benzene rings is 2. The number of hydrogen-bond acceptors (Lipinski definition) is 6. The highest BCUT2D eigenvalue weighted by Gasteiger charge is 2.51. The SMILES string of the molecule is CC(C)(OC(=O)Nc1ccc2c(c1)N(S(=O)(=O)c1ccc(F)cc1)CCO2)C(F)(F)F.CNC(=O)C1CC1(C)C.[HH].[HH]. The summed E-state index contributed by atoms with van der Waals surface area (Å²) in [6.45, 7) is 5.61. The van der Waals surface area contributed by atoms with Crippen molar-refractivity contribution in [2.24, 2.45) is 11.3 Å². The molecule has 1 saturated carbocycles. The highest BCUT2D eigenvalue weighted by molar-refractivity contribution is 7.92. The molecule has 2 aromatic rings. The van der Waals surface area contributed by atoms with Gasteiger partial charge < -0.3 is 14.8 Å². The molecule has 1 atom stereocenters. The number of carbonyl (C=O) groups is 2. The van der Waals surface area contributed by atoms with Crippen molar-refractivity contribution < 1.29 is 47.9 Å². The third kappa shape index (κ3) is 6.95. The largest absolute Gasteiger partial charge is 0.489 e. The predicted octanol–water partition coefficient (Wildman–Crippen LogP) is 5.57. The Kier molecular flexibility index (Phi) is 8.63. The van der Waals surface area contributed by atoms with Gasteiger partial charge in [-0.15, -0.1) is 0 Å². The van der Waals surface area contributed by atoms with Crippen LogP contribution in [0.5, 0.6) is 5.75 Å². The van der Waals surface area contributed by atoms with Crippen molar-refractivity contribution in [1.29, 1.82) is 0 Å². The molecule has 0 radical (unpaired) electrons. The first-order valence-corrected chi connectivity index (χ1v) is 13.7. The Labute approximate surface area is 232 Å². The fourth-order valence-corrected chi connectivity index (χ4v) is 5.23. The topological polar surface area (TPSA) is 114 Å². The van der Waals surface area contributed by atoms with Gasteiger partial charge in [-0.1, -0.05) is 13.8 Å². The minimum absolute atomic E-state index is 0. The summed E-state index contributed by atoms with van der Waals surface area (Å²) in [5, 5.41) is 4.80. The number of anilines is 2. The van der Waals surface area contributed by atoms with Gasteiger partial charge in [0.1, 0.15) is 18.2 Å². The van der Waals surface area contributed by atoms with Gasteiger partial charge in [0.15, 0.2) is 0 Å². The van der Waals surface area contributed by atoms with Crippen molar-refractivity contribution >= 4 is 33.4 Å². The van der Waals surface area contributed by atoms with E-state index < -0.39 is 33.7 Å². The fourth-order valence-electron chi connectivity index (χ4n) is 3.78. The number of ether oxygens (including phenoxy) is 2. The number of halogens is 4. The third-order valence-electron chi connectivity index (χ3n) is 6.53. The van der Waals surface area contributed by atoms with Crippen LogP contribution in [0.2, 0.25) is 0 Å². The lowest BCUT2D eigenvalue weighted by atomic mass is 10.1. The van der Waals surface area contributed by atoms with Crippen LogP contribution in [0.25, 0.3) is 0 Å². The molecule has 2 N–H and O–H groups in total. The van der Waals surface area contributed by atoms with E-state index in [1.807, 2.05) is 0 Å². The third-order valence-corrected chi connectivity index (χ3v) is 8.36. The van der Waals surface area contributed by atoms with Gasteiger partial charge in [0, 0.05) is 21.5 Å². The number of sulfonamides is 1. The second-order valence-electron chi connectivity index (χ2n) is 10.4. The number of fused-ring (bicyclic) bond motifs is 1. The van der Waals surface area contributed by atoms with Crippen LogP contribution in [0, 0.1) is 17.2 Å². The summed E-state index contributed by atoms with van der Waals surface area (Å²) in [5.74, 6) is 0.0575. The Balaban J connectivity index is 0.000000687. The molecule has 40 heavy (non-hydrogen) atoms. The Morgan fingerprint density at radius 1 is 1.12 bits per heavy atom. The second-order valence-corrected chi connectivity index (χ2v) is 12.3. The maximum absolute atomic E-state index is 13.2. The van der Waals surface area contributed by atoms with Crippen molar-refractivity contribution in [2.45, 2.75) is 50.8 Å². The van der Waals surface area contributed by atoms with Gasteiger partial charge in [0.25, 0.3) is 10.0 Å². The summed E-state index contributed by atoms with van der Waals surface area (Å²) in [7, 11) is -2.40. The number of nitrogens with zero attached hydrogens (tertiary/aromatic N) is 1. The number of carbonyl (C=O) groups excluding carboxylic acids is 2. The first kappa shape index (κ1) is 31.0. The number of amides is 2. The van der Waals surface area contributed by atoms with Crippen molar-refractivity contribution in [2.75, 3.05) is 29.8 Å². The van der Waals surface area contributed by atoms with Crippen LogP contribution in [0.3, 0.4) is 0 Å². The van der Waals surface area contributed by atoms with Gasteiger partial charge in [-0.3, -0.25) is 14.4 Å². The lowest BCUT2D eigenvalue weighted by Crippen LogP contribution is -2.44. The lowest BCUT2D eigenvalue weighted by molar-refractivity contribution is -0.242. The van der Waals surface area contributed by atoms with Gasteiger partial charge in [-0.05, 0) is 68.1 Å². The lowest BCUT2D eigenvalue weighted by Gasteiger charge is -2.31. The highest BCUT2D eigenvalue weighted by atomic mass is 32.2. The van der Waals surface area contributed by atoms with Crippen molar-refractivity contribution in [3.63, 3.8) is 0 Å². The summed E-state index contributed by atoms with van der Waals surface area (Å²) in [5.41, 5.74) is -2.40. The van der Waals surface area contributed by atoms with Gasteiger partial charge in [-0.25, -0.2) is 17.6 Å². The molecule has 1 aliphatic carbocycles. The first-order chi connectivity index (χ1) is 18.4. The molecule has 2 aromatic carbocycles. The molecule has 0 spiro atoms. The minimum Gasteiger partial charge on any atom is -0.489 e. The number of rotatable bonds is 5. The van der Waals surface area contributed by atoms with E-state index in [9.17, 15) is 35.6 Å². The van der Waals surface area contributed by atoms with Crippen molar-refractivity contribution in [3.8, 4) is 5.75 Å². The predicted molar refractivity (Wildman–Crippen MR) is 143 cm³/mol. The monoisotopic (exact) mass is 593 g/mol. The Hall–Kier alpha value is -3.55. The standard InChI is InChI=1S/C19H18F4N2O5S.C7H13NO.2H2/c1-18(2,19(21,22)23)30-17(26)24-13-5-8-16-15(11-13)25(9-10-29-16)31(27,28)14-6-3-12(20)4-7-14;1-7(2)4-5(7)6(9)8-3;;/h3-8,11H,9-10H2,1-2H3,(H,24,26);5H,4H2,1-3H3,(H,8,9);2*1H. The molecule has 1 heterocycles. The Bertz CT molecular complexity index is 1370. The number of nitrogens with one attached hydrogen (secondary N) is 2. The molecule has 0 saturated heterocycles. The zero-order valence-electron chi connectivity index (χ0n) is 22.6. The second kappa shape index (κ2) is 11.1. The van der Waals surface area contributed by atoms with Crippen LogP contribution in [0.4, 0.5) is 33.7 Å². The molecule has 0 aromatic heterocycles. The molecular weight excluding hydrogens is 558 g/mol. The molecule has 14 heteroatoms. The van der Waals surface area contributed by atoms with E-state index in [1.165, 1.54) is 18.2 Å². The van der Waals surface area contributed by atoms with Gasteiger partial charge in [-0.2, -0.15) is 13.2 Å². The van der Waals surface area contributed by atoms with Crippen LogP contribution in [-0.2, 0) is 19.6 Å². The van der Waals surface area contributed by atoms with Crippen molar-refractivity contribution in [3.05, 3.63) is 48.3 Å². The van der Waals surface area contributed by atoms with E-state index >= 15 is 0 Å². The quantitative estimate of drug-likeness (QED) is 0.438. The average Bonchev–Trinajstić information content (AvgIpc) is 3.50. The minimum atomic E-state index is -4.78. The molecule has 4 rings (SSSR count). The van der Waals surface area contributed by atoms with Gasteiger partial charge in [0.2, 0.25) is 11.5 Å². The molecule has 1 fully saturated rings. The average molecular weight is 594 g/mol. The van der Waals surface area contributed by atoms with Crippen LogP contribution in [-0.4, -0.2) is 52.4 Å². The molecule has 1 unspecified atom stereocenters. The summed E-state index contributed by atoms with van der Waals surface area (Å²) >= 11 is 0. The summed E-state index contributed by atoms with van der Waals surface area (Å²) in [6, 6.07) is 8.16. The number of alkyl halides is 3. The zero-order valence-corrected chi connectivity index (χ0v) is 23.4. The van der Waals surface area contributed by atoms with Crippen LogP contribution in [0.15, 0.2) is 47.4 Å². The summed E-state index contributed by atoms with van der Waals surface area (Å²) < 4.78 is 88.8. The number of hydrogen-bond donors (Lipinski definition) is 2. The van der Waals surface area contributed by atoms with E-state index in [4.69, 9.17) is 4.74 Å². The molecule has 1 aliphatic heterocycles. The Morgan fingerprint density at radius 3 is 2.23 bits per heavy atom. The van der Waals surface area contributed by atoms with E-state index in [1.54, 1.807) is 7.05 Å². The van der Waals surface area contributed by atoms with Crippen molar-refractivity contribution in [1.82, 2.24) is 5.32 Å².